The monoisotopic (exact) mass is 247 g/mol. The first kappa shape index (κ1) is 13.5. The number of nitrogens with one attached hydrogen (secondary N) is 1. The van der Waals surface area contributed by atoms with Gasteiger partial charge in [-0.05, 0) is 25.7 Å². The number of carbonyl (C=O) groups is 1. The SMILES string of the molecule is CCCS(=O)(=O)CCC1CCCCNC1=O. The molecule has 1 unspecified atom stereocenters. The summed E-state index contributed by atoms with van der Waals surface area (Å²) in [6.45, 7) is 2.59. The second kappa shape index (κ2) is 6.23. The molecule has 4 nitrogen and oxygen atoms in total. The molecule has 0 aliphatic carbocycles. The quantitative estimate of drug-likeness (QED) is 0.791. The molecule has 1 aliphatic heterocycles. The minimum atomic E-state index is -2.95. The van der Waals surface area contributed by atoms with Gasteiger partial charge in [0.15, 0.2) is 0 Å². The first-order chi connectivity index (χ1) is 7.55. The summed E-state index contributed by atoms with van der Waals surface area (Å²) in [6, 6.07) is 0. The third-order valence-corrected chi connectivity index (χ3v) is 4.83. The number of hydrogen-bond donors (Lipinski definition) is 1. The van der Waals surface area contributed by atoms with Crippen LogP contribution in [0.1, 0.15) is 39.0 Å². The predicted molar refractivity (Wildman–Crippen MR) is 63.9 cm³/mol. The van der Waals surface area contributed by atoms with Gasteiger partial charge in [-0.2, -0.15) is 0 Å². The van der Waals surface area contributed by atoms with Gasteiger partial charge >= 0.3 is 0 Å². The highest BCUT2D eigenvalue weighted by Crippen LogP contribution is 2.17. The van der Waals surface area contributed by atoms with Crippen molar-refractivity contribution in [2.45, 2.75) is 39.0 Å². The minimum absolute atomic E-state index is 0.0317. The molecule has 0 aromatic carbocycles. The van der Waals surface area contributed by atoms with E-state index in [1.54, 1.807) is 0 Å². The summed E-state index contributed by atoms with van der Waals surface area (Å²) in [5.74, 6) is 0.318. The molecule has 94 valence electrons. The molecule has 0 radical (unpaired) electrons. The Labute approximate surface area is 97.7 Å². The molecular formula is C11H21NO3S. The zero-order valence-electron chi connectivity index (χ0n) is 9.87. The minimum Gasteiger partial charge on any atom is -0.356 e. The van der Waals surface area contributed by atoms with Gasteiger partial charge in [0.2, 0.25) is 5.91 Å². The van der Waals surface area contributed by atoms with Gasteiger partial charge in [0.1, 0.15) is 9.84 Å². The van der Waals surface area contributed by atoms with Crippen molar-refractivity contribution in [2.24, 2.45) is 5.92 Å². The molecule has 1 saturated heterocycles. The smallest absolute Gasteiger partial charge is 0.223 e. The molecule has 0 bridgehead atoms. The molecule has 1 aliphatic rings. The largest absolute Gasteiger partial charge is 0.356 e. The highest BCUT2D eigenvalue weighted by atomic mass is 32.2. The van der Waals surface area contributed by atoms with Gasteiger partial charge in [-0.25, -0.2) is 8.42 Å². The molecule has 0 aromatic heterocycles. The normalized spacial score (nSPS) is 22.6. The van der Waals surface area contributed by atoms with Crippen LogP contribution in [0.4, 0.5) is 0 Å². The Morgan fingerprint density at radius 1 is 1.31 bits per heavy atom. The Hall–Kier alpha value is -0.580. The molecule has 5 heteroatoms. The molecule has 0 saturated carbocycles. The molecule has 1 N–H and O–H groups in total. The zero-order chi connectivity index (χ0) is 12.0. The number of sulfone groups is 1. The van der Waals surface area contributed by atoms with E-state index in [1.807, 2.05) is 6.92 Å². The summed E-state index contributed by atoms with van der Waals surface area (Å²) < 4.78 is 23.1. The third-order valence-electron chi connectivity index (χ3n) is 2.94. The van der Waals surface area contributed by atoms with Crippen molar-refractivity contribution in [1.82, 2.24) is 5.32 Å². The Bertz CT molecular complexity index is 324. The maximum Gasteiger partial charge on any atom is 0.223 e. The van der Waals surface area contributed by atoms with E-state index in [0.29, 0.717) is 12.8 Å². The van der Waals surface area contributed by atoms with Gasteiger partial charge in [-0.1, -0.05) is 13.3 Å². The van der Waals surface area contributed by atoms with Crippen molar-refractivity contribution in [3.63, 3.8) is 0 Å². The maximum atomic E-state index is 11.6. The predicted octanol–water partition coefficient (Wildman–Crippen LogP) is 1.12. The topological polar surface area (TPSA) is 63.2 Å². The Kier molecular flexibility index (Phi) is 5.25. The Morgan fingerprint density at radius 3 is 2.75 bits per heavy atom. The van der Waals surface area contributed by atoms with E-state index in [-0.39, 0.29) is 23.3 Å². The Balaban J connectivity index is 2.44. The highest BCUT2D eigenvalue weighted by Gasteiger charge is 2.22. The average molecular weight is 247 g/mol. The summed E-state index contributed by atoms with van der Waals surface area (Å²) in [6.07, 6.45) is 3.97. The van der Waals surface area contributed by atoms with Crippen molar-refractivity contribution in [3.8, 4) is 0 Å². The summed E-state index contributed by atoms with van der Waals surface area (Å²) in [7, 11) is -2.95. The van der Waals surface area contributed by atoms with E-state index in [0.717, 1.165) is 25.8 Å². The van der Waals surface area contributed by atoms with Gasteiger partial charge in [-0.3, -0.25) is 4.79 Å². The first-order valence-corrected chi connectivity index (χ1v) is 7.85. The van der Waals surface area contributed by atoms with Crippen LogP contribution in [0.2, 0.25) is 0 Å². The first-order valence-electron chi connectivity index (χ1n) is 6.03. The molecule has 1 fully saturated rings. The average Bonchev–Trinajstić information content (AvgIpc) is 2.40. The summed E-state index contributed by atoms with van der Waals surface area (Å²) in [5.41, 5.74) is 0. The fraction of sp³-hybridized carbons (Fsp3) is 0.909. The van der Waals surface area contributed by atoms with Crippen LogP contribution < -0.4 is 5.32 Å². The van der Waals surface area contributed by atoms with E-state index in [4.69, 9.17) is 0 Å². The number of hydrogen-bond acceptors (Lipinski definition) is 3. The van der Waals surface area contributed by atoms with Crippen LogP contribution in [0.25, 0.3) is 0 Å². The highest BCUT2D eigenvalue weighted by molar-refractivity contribution is 7.91. The lowest BCUT2D eigenvalue weighted by Crippen LogP contribution is -2.30. The molecule has 0 spiro atoms. The van der Waals surface area contributed by atoms with Gasteiger partial charge in [-0.15, -0.1) is 0 Å². The van der Waals surface area contributed by atoms with E-state index >= 15 is 0 Å². The lowest BCUT2D eigenvalue weighted by molar-refractivity contribution is -0.124. The van der Waals surface area contributed by atoms with Crippen LogP contribution in [0.15, 0.2) is 0 Å². The lowest BCUT2D eigenvalue weighted by Gasteiger charge is -2.12. The van der Waals surface area contributed by atoms with Gasteiger partial charge in [0, 0.05) is 18.2 Å². The van der Waals surface area contributed by atoms with Gasteiger partial charge in [0.25, 0.3) is 0 Å². The number of rotatable bonds is 5. The van der Waals surface area contributed by atoms with Gasteiger partial charge < -0.3 is 5.32 Å². The fourth-order valence-corrected chi connectivity index (χ4v) is 3.48. The maximum absolute atomic E-state index is 11.6. The molecule has 1 heterocycles. The van der Waals surface area contributed by atoms with Crippen LogP contribution >= 0.6 is 0 Å². The number of carbonyl (C=O) groups excluding carboxylic acids is 1. The van der Waals surface area contributed by atoms with Gasteiger partial charge in [0.05, 0.1) is 5.75 Å². The molecule has 0 aromatic rings. The van der Waals surface area contributed by atoms with E-state index in [1.165, 1.54) is 0 Å². The number of amides is 1. The molecular weight excluding hydrogens is 226 g/mol. The molecule has 16 heavy (non-hydrogen) atoms. The van der Waals surface area contributed by atoms with E-state index in [2.05, 4.69) is 5.32 Å². The summed E-state index contributed by atoms with van der Waals surface area (Å²) in [4.78, 5) is 11.6. The second-order valence-electron chi connectivity index (χ2n) is 4.42. The van der Waals surface area contributed by atoms with Crippen molar-refractivity contribution < 1.29 is 13.2 Å². The van der Waals surface area contributed by atoms with Crippen molar-refractivity contribution in [3.05, 3.63) is 0 Å². The molecule has 1 rings (SSSR count). The van der Waals surface area contributed by atoms with Crippen molar-refractivity contribution >= 4 is 15.7 Å². The fourth-order valence-electron chi connectivity index (χ4n) is 2.01. The Morgan fingerprint density at radius 2 is 2.06 bits per heavy atom. The van der Waals surface area contributed by atoms with Crippen LogP contribution in [-0.4, -0.2) is 32.4 Å². The second-order valence-corrected chi connectivity index (χ2v) is 6.73. The lowest BCUT2D eigenvalue weighted by atomic mass is 10.0. The van der Waals surface area contributed by atoms with Crippen molar-refractivity contribution in [2.75, 3.05) is 18.1 Å². The van der Waals surface area contributed by atoms with E-state index in [9.17, 15) is 13.2 Å². The summed E-state index contributed by atoms with van der Waals surface area (Å²) >= 11 is 0. The van der Waals surface area contributed by atoms with Crippen LogP contribution in [0, 0.1) is 5.92 Å². The summed E-state index contributed by atoms with van der Waals surface area (Å²) in [5, 5.41) is 2.83. The van der Waals surface area contributed by atoms with E-state index < -0.39 is 9.84 Å². The third kappa shape index (κ3) is 4.51. The van der Waals surface area contributed by atoms with Crippen LogP contribution in [0.3, 0.4) is 0 Å². The van der Waals surface area contributed by atoms with Crippen molar-refractivity contribution in [1.29, 1.82) is 0 Å². The standard InChI is InChI=1S/C11H21NO3S/c1-2-8-16(14,15)9-6-10-5-3-4-7-12-11(10)13/h10H,2-9H2,1H3,(H,12,13). The molecule has 1 atom stereocenters. The van der Waals surface area contributed by atoms with Crippen LogP contribution in [-0.2, 0) is 14.6 Å². The molecule has 1 amide bonds. The zero-order valence-corrected chi connectivity index (χ0v) is 10.7. The van der Waals surface area contributed by atoms with Crippen LogP contribution in [0.5, 0.6) is 0 Å².